The Labute approximate surface area is 152 Å². The van der Waals surface area contributed by atoms with E-state index in [1.54, 1.807) is 0 Å². The van der Waals surface area contributed by atoms with Crippen LogP contribution in [-0.2, 0) is 12.8 Å². The summed E-state index contributed by atoms with van der Waals surface area (Å²) in [6, 6.07) is 10.5. The highest BCUT2D eigenvalue weighted by Crippen LogP contribution is 2.28. The van der Waals surface area contributed by atoms with Crippen molar-refractivity contribution in [3.63, 3.8) is 0 Å². The number of aromatic nitrogens is 4. The number of anilines is 2. The first-order chi connectivity index (χ1) is 12.8. The van der Waals surface area contributed by atoms with E-state index in [4.69, 9.17) is 0 Å². The van der Waals surface area contributed by atoms with Gasteiger partial charge in [-0.15, -0.1) is 10.2 Å². The molecule has 0 bridgehead atoms. The van der Waals surface area contributed by atoms with Gasteiger partial charge in [0.1, 0.15) is 0 Å². The van der Waals surface area contributed by atoms with Crippen LogP contribution in [0.25, 0.3) is 10.8 Å². The predicted molar refractivity (Wildman–Crippen MR) is 103 cm³/mol. The van der Waals surface area contributed by atoms with Crippen LogP contribution in [0.5, 0.6) is 0 Å². The molecule has 1 aliphatic carbocycles. The molecular weight excluding hydrogens is 324 g/mol. The van der Waals surface area contributed by atoms with Crippen molar-refractivity contribution in [2.45, 2.75) is 26.2 Å². The van der Waals surface area contributed by atoms with Gasteiger partial charge in [-0.05, 0) is 37.8 Å². The lowest BCUT2D eigenvalue weighted by Gasteiger charge is -2.40. The van der Waals surface area contributed by atoms with E-state index in [1.807, 2.05) is 19.1 Å². The van der Waals surface area contributed by atoms with Gasteiger partial charge in [-0.3, -0.25) is 0 Å². The summed E-state index contributed by atoms with van der Waals surface area (Å²) in [6.07, 6.45) is 3.45. The molecule has 2 aromatic heterocycles. The average Bonchev–Trinajstić information content (AvgIpc) is 3.10. The van der Waals surface area contributed by atoms with E-state index in [-0.39, 0.29) is 0 Å². The van der Waals surface area contributed by atoms with E-state index in [1.165, 1.54) is 17.7 Å². The fourth-order valence-corrected chi connectivity index (χ4v) is 3.97. The van der Waals surface area contributed by atoms with E-state index in [0.717, 1.165) is 60.6 Å². The molecule has 3 heterocycles. The van der Waals surface area contributed by atoms with Crippen LogP contribution in [0.2, 0.25) is 0 Å². The largest absolute Gasteiger partial charge is 0.368 e. The maximum absolute atomic E-state index is 4.41. The average molecular weight is 346 g/mol. The molecule has 6 nitrogen and oxygen atoms in total. The van der Waals surface area contributed by atoms with Crippen molar-refractivity contribution >= 4 is 22.4 Å². The number of hydrogen-bond donors (Lipinski definition) is 1. The zero-order chi connectivity index (χ0) is 17.5. The Morgan fingerprint density at radius 3 is 2.77 bits per heavy atom. The van der Waals surface area contributed by atoms with Crippen LogP contribution in [-0.4, -0.2) is 40.0 Å². The van der Waals surface area contributed by atoms with Gasteiger partial charge in [-0.2, -0.15) is 10.2 Å². The lowest BCUT2D eigenvalue weighted by atomic mass is 10.00. The molecule has 26 heavy (non-hydrogen) atoms. The van der Waals surface area contributed by atoms with Crippen molar-refractivity contribution in [2.24, 2.45) is 5.92 Å². The molecule has 2 aliphatic rings. The molecule has 0 atom stereocenters. The van der Waals surface area contributed by atoms with Gasteiger partial charge in [0.2, 0.25) is 0 Å². The maximum atomic E-state index is 4.41. The van der Waals surface area contributed by atoms with Crippen LogP contribution in [0.4, 0.5) is 11.6 Å². The zero-order valence-corrected chi connectivity index (χ0v) is 14.9. The summed E-state index contributed by atoms with van der Waals surface area (Å²) < 4.78 is 0. The Morgan fingerprint density at radius 2 is 1.88 bits per heavy atom. The SMILES string of the molecule is Cc1nnc(NCC2CN(c3cc4c(nn3)CCC4)C2)c2ccccc12. The molecule has 1 aromatic carbocycles. The number of rotatable bonds is 4. The molecule has 0 radical (unpaired) electrons. The van der Waals surface area contributed by atoms with Crippen molar-refractivity contribution in [3.8, 4) is 0 Å². The molecule has 3 aromatic rings. The highest BCUT2D eigenvalue weighted by atomic mass is 15.3. The number of aryl methyl sites for hydroxylation is 3. The molecule has 0 unspecified atom stereocenters. The molecule has 1 aliphatic heterocycles. The second kappa shape index (κ2) is 6.20. The number of fused-ring (bicyclic) bond motifs is 2. The van der Waals surface area contributed by atoms with Crippen molar-refractivity contribution in [1.82, 2.24) is 20.4 Å². The standard InChI is InChI=1S/C20H22N6/c1-13-16-6-2-3-7-17(16)20(25-22-13)21-10-14-11-26(12-14)19-9-15-5-4-8-18(15)23-24-19/h2-3,6-7,9,14H,4-5,8,10-12H2,1H3,(H,21,25). The van der Waals surface area contributed by atoms with Gasteiger partial charge in [-0.1, -0.05) is 24.3 Å². The summed E-state index contributed by atoms with van der Waals surface area (Å²) in [7, 11) is 0. The number of nitrogens with zero attached hydrogens (tertiary/aromatic N) is 5. The van der Waals surface area contributed by atoms with Crippen LogP contribution < -0.4 is 10.2 Å². The Morgan fingerprint density at radius 1 is 1.04 bits per heavy atom. The third-order valence-corrected chi connectivity index (χ3v) is 5.52. The second-order valence-corrected chi connectivity index (χ2v) is 7.36. The molecule has 1 fully saturated rings. The summed E-state index contributed by atoms with van der Waals surface area (Å²) in [6.45, 7) is 4.92. The summed E-state index contributed by atoms with van der Waals surface area (Å²) in [5.41, 5.74) is 3.55. The fraction of sp³-hybridized carbons (Fsp3) is 0.400. The van der Waals surface area contributed by atoms with E-state index >= 15 is 0 Å². The first-order valence-corrected chi connectivity index (χ1v) is 9.34. The van der Waals surface area contributed by atoms with Gasteiger partial charge in [0.15, 0.2) is 11.6 Å². The lowest BCUT2D eigenvalue weighted by Crippen LogP contribution is -2.50. The smallest absolute Gasteiger partial charge is 0.156 e. The topological polar surface area (TPSA) is 66.8 Å². The van der Waals surface area contributed by atoms with Crippen LogP contribution in [0.1, 0.15) is 23.4 Å². The fourth-order valence-electron chi connectivity index (χ4n) is 3.97. The van der Waals surface area contributed by atoms with Gasteiger partial charge in [-0.25, -0.2) is 0 Å². The number of hydrogen-bond acceptors (Lipinski definition) is 6. The predicted octanol–water partition coefficient (Wildman–Crippen LogP) is 2.77. The minimum absolute atomic E-state index is 0.590. The number of benzene rings is 1. The van der Waals surface area contributed by atoms with Crippen LogP contribution in [0.15, 0.2) is 30.3 Å². The molecule has 5 rings (SSSR count). The minimum Gasteiger partial charge on any atom is -0.368 e. The second-order valence-electron chi connectivity index (χ2n) is 7.36. The van der Waals surface area contributed by atoms with Crippen LogP contribution in [0.3, 0.4) is 0 Å². The van der Waals surface area contributed by atoms with Crippen molar-refractivity contribution in [2.75, 3.05) is 29.9 Å². The minimum atomic E-state index is 0.590. The van der Waals surface area contributed by atoms with Crippen molar-refractivity contribution in [3.05, 3.63) is 47.3 Å². The first kappa shape index (κ1) is 15.5. The van der Waals surface area contributed by atoms with Gasteiger partial charge >= 0.3 is 0 Å². The third-order valence-electron chi connectivity index (χ3n) is 5.52. The Balaban J connectivity index is 1.23. The summed E-state index contributed by atoms with van der Waals surface area (Å²) in [5.74, 6) is 2.50. The maximum Gasteiger partial charge on any atom is 0.156 e. The summed E-state index contributed by atoms with van der Waals surface area (Å²) in [4.78, 5) is 2.32. The monoisotopic (exact) mass is 346 g/mol. The highest BCUT2D eigenvalue weighted by Gasteiger charge is 2.29. The Hall–Kier alpha value is -2.76. The van der Waals surface area contributed by atoms with E-state index in [9.17, 15) is 0 Å². The van der Waals surface area contributed by atoms with Gasteiger partial charge in [0, 0.05) is 36.3 Å². The quantitative estimate of drug-likeness (QED) is 0.783. The lowest BCUT2D eigenvalue weighted by molar-refractivity contribution is 0.425. The van der Waals surface area contributed by atoms with E-state index in [0.29, 0.717) is 5.92 Å². The third kappa shape index (κ3) is 2.66. The summed E-state index contributed by atoms with van der Waals surface area (Å²) in [5, 5.41) is 23.2. The van der Waals surface area contributed by atoms with Crippen LogP contribution >= 0.6 is 0 Å². The van der Waals surface area contributed by atoms with E-state index in [2.05, 4.69) is 48.8 Å². The molecule has 0 saturated carbocycles. The van der Waals surface area contributed by atoms with Gasteiger partial charge in [0.05, 0.1) is 11.4 Å². The molecule has 6 heteroatoms. The van der Waals surface area contributed by atoms with Crippen molar-refractivity contribution in [1.29, 1.82) is 0 Å². The van der Waals surface area contributed by atoms with E-state index < -0.39 is 0 Å². The normalized spacial score (nSPS) is 16.6. The Kier molecular flexibility index (Phi) is 3.69. The zero-order valence-electron chi connectivity index (χ0n) is 14.9. The molecule has 0 amide bonds. The summed E-state index contributed by atoms with van der Waals surface area (Å²) >= 11 is 0. The molecule has 0 spiro atoms. The highest BCUT2D eigenvalue weighted by molar-refractivity contribution is 5.92. The number of nitrogens with one attached hydrogen (secondary N) is 1. The molecule has 1 N–H and O–H groups in total. The first-order valence-electron chi connectivity index (χ1n) is 9.34. The van der Waals surface area contributed by atoms with Crippen LogP contribution in [0, 0.1) is 12.8 Å². The van der Waals surface area contributed by atoms with Crippen molar-refractivity contribution < 1.29 is 0 Å². The Bertz CT molecular complexity index is 964. The van der Waals surface area contributed by atoms with Gasteiger partial charge in [0.25, 0.3) is 0 Å². The molecular formula is C20H22N6. The molecule has 132 valence electrons. The van der Waals surface area contributed by atoms with Gasteiger partial charge < -0.3 is 10.2 Å². The molecule has 1 saturated heterocycles.